The van der Waals surface area contributed by atoms with Crippen LogP contribution in [0.3, 0.4) is 0 Å². The molecule has 4 aromatic carbocycles. The maximum Gasteiger partial charge on any atom is 0.338 e. The van der Waals surface area contributed by atoms with Gasteiger partial charge in [0.25, 0.3) is 5.56 Å². The minimum absolute atomic E-state index is 0.204. The van der Waals surface area contributed by atoms with Gasteiger partial charge in [-0.3, -0.25) is 9.36 Å². The molecule has 0 fully saturated rings. The highest BCUT2D eigenvalue weighted by Gasteiger charge is 2.33. The van der Waals surface area contributed by atoms with Crippen molar-refractivity contribution in [2.24, 2.45) is 4.99 Å². The topological polar surface area (TPSA) is 79.1 Å². The van der Waals surface area contributed by atoms with Gasteiger partial charge in [-0.1, -0.05) is 77.5 Å². The summed E-state index contributed by atoms with van der Waals surface area (Å²) in [4.78, 5) is 32.8. The smallest absolute Gasteiger partial charge is 0.338 e. The molecule has 0 radical (unpaired) electrons. The summed E-state index contributed by atoms with van der Waals surface area (Å²) in [5, 5.41) is 2.62. The number of carbonyl (C=O) groups is 1. The summed E-state index contributed by atoms with van der Waals surface area (Å²) in [6, 6.07) is 26.1. The summed E-state index contributed by atoms with van der Waals surface area (Å²) >= 11 is 7.35. The SMILES string of the molecule is CCOC(=O)C1=C(C)N=c2s/c(=C\c3c(OCc4ccc(Cl)cc4)ccc4ccccc34)c(=O)n2[C@@H]1c1ccc(OCC)cc1. The molecule has 0 spiro atoms. The predicted octanol–water partition coefficient (Wildman–Crippen LogP) is 6.58. The lowest BCUT2D eigenvalue weighted by Gasteiger charge is -2.24. The van der Waals surface area contributed by atoms with E-state index in [9.17, 15) is 9.59 Å². The molecule has 1 aliphatic rings. The molecule has 0 saturated carbocycles. The van der Waals surface area contributed by atoms with Crippen molar-refractivity contribution >= 4 is 45.8 Å². The van der Waals surface area contributed by atoms with Gasteiger partial charge in [-0.05, 0) is 79.1 Å². The Balaban J connectivity index is 1.50. The quantitative estimate of drug-likeness (QED) is 0.170. The van der Waals surface area contributed by atoms with E-state index < -0.39 is 12.0 Å². The third-order valence-corrected chi connectivity index (χ3v) is 8.77. The standard InChI is InChI=1S/C36H31ClN2O5S/c1-4-42-27-17-12-25(13-18-27)33-32(35(41)43-5-2)22(3)38-36-39(33)34(40)31(45-36)20-29-28-9-7-6-8-24(28)14-19-30(29)44-21-23-10-15-26(37)16-11-23/h6-20,33H,4-5,21H2,1-3H3/b31-20-/t33-/m1/s1. The molecule has 1 atom stereocenters. The van der Waals surface area contributed by atoms with Gasteiger partial charge in [0.05, 0.1) is 35.1 Å². The van der Waals surface area contributed by atoms with Crippen LogP contribution in [0.15, 0.2) is 106 Å². The first-order chi connectivity index (χ1) is 21.9. The molecule has 0 aliphatic carbocycles. The molecule has 0 saturated heterocycles. The lowest BCUT2D eigenvalue weighted by Crippen LogP contribution is -2.39. The van der Waals surface area contributed by atoms with E-state index in [1.165, 1.54) is 11.3 Å². The van der Waals surface area contributed by atoms with Crippen LogP contribution in [0, 0.1) is 0 Å². The van der Waals surface area contributed by atoms with Gasteiger partial charge in [-0.15, -0.1) is 0 Å². The van der Waals surface area contributed by atoms with Crippen LogP contribution >= 0.6 is 22.9 Å². The number of esters is 1. The number of halogens is 1. The molecule has 0 unspecified atom stereocenters. The molecule has 0 N–H and O–H groups in total. The highest BCUT2D eigenvalue weighted by Crippen LogP contribution is 2.33. The van der Waals surface area contributed by atoms with Crippen molar-refractivity contribution in [3.8, 4) is 11.5 Å². The Morgan fingerprint density at radius 1 is 0.956 bits per heavy atom. The van der Waals surface area contributed by atoms with Gasteiger partial charge in [-0.2, -0.15) is 0 Å². The Labute approximate surface area is 269 Å². The van der Waals surface area contributed by atoms with E-state index in [1.807, 2.05) is 97.9 Å². The molecule has 6 rings (SSSR count). The zero-order chi connectivity index (χ0) is 31.5. The van der Waals surface area contributed by atoms with E-state index in [0.717, 1.165) is 27.5 Å². The number of hydrogen-bond donors (Lipinski definition) is 0. The molecular formula is C36H31ClN2O5S. The monoisotopic (exact) mass is 638 g/mol. The summed E-state index contributed by atoms with van der Waals surface area (Å²) in [5.41, 5.74) is 3.08. The van der Waals surface area contributed by atoms with Gasteiger partial charge in [-0.25, -0.2) is 9.79 Å². The van der Waals surface area contributed by atoms with Gasteiger partial charge in [0.1, 0.15) is 18.1 Å². The minimum Gasteiger partial charge on any atom is -0.494 e. The van der Waals surface area contributed by atoms with E-state index in [1.54, 1.807) is 18.4 Å². The minimum atomic E-state index is -0.716. The van der Waals surface area contributed by atoms with Crippen molar-refractivity contribution in [3.05, 3.63) is 138 Å². The summed E-state index contributed by atoms with van der Waals surface area (Å²) in [7, 11) is 0. The van der Waals surface area contributed by atoms with Gasteiger partial charge in [0.2, 0.25) is 0 Å². The number of aromatic nitrogens is 1. The van der Waals surface area contributed by atoms with Gasteiger partial charge in [0, 0.05) is 10.6 Å². The Morgan fingerprint density at radius 2 is 1.71 bits per heavy atom. The summed E-state index contributed by atoms with van der Waals surface area (Å²) in [6.45, 7) is 6.51. The zero-order valence-corrected chi connectivity index (χ0v) is 26.7. The van der Waals surface area contributed by atoms with Crippen molar-refractivity contribution < 1.29 is 19.0 Å². The Kier molecular flexibility index (Phi) is 8.87. The number of thiazole rings is 1. The van der Waals surface area contributed by atoms with E-state index in [-0.39, 0.29) is 12.2 Å². The third-order valence-electron chi connectivity index (χ3n) is 7.54. The van der Waals surface area contributed by atoms with Crippen LogP contribution in [0.5, 0.6) is 11.5 Å². The molecule has 7 nitrogen and oxygen atoms in total. The molecule has 228 valence electrons. The molecule has 0 bridgehead atoms. The van der Waals surface area contributed by atoms with Gasteiger partial charge in [0.15, 0.2) is 4.80 Å². The summed E-state index contributed by atoms with van der Waals surface area (Å²) < 4.78 is 19.4. The second kappa shape index (κ2) is 13.1. The largest absolute Gasteiger partial charge is 0.494 e. The number of rotatable bonds is 9. The fourth-order valence-electron chi connectivity index (χ4n) is 5.44. The maximum absolute atomic E-state index is 14.3. The van der Waals surface area contributed by atoms with Crippen LogP contribution in [0.2, 0.25) is 5.02 Å². The molecular weight excluding hydrogens is 608 g/mol. The summed E-state index contributed by atoms with van der Waals surface area (Å²) in [5.74, 6) is 0.842. The van der Waals surface area contributed by atoms with Crippen LogP contribution in [0.4, 0.5) is 0 Å². The van der Waals surface area contributed by atoms with Crippen molar-refractivity contribution in [2.45, 2.75) is 33.4 Å². The molecule has 1 aromatic heterocycles. The van der Waals surface area contributed by atoms with Crippen LogP contribution in [0.1, 0.15) is 43.5 Å². The number of hydrogen-bond acceptors (Lipinski definition) is 7. The van der Waals surface area contributed by atoms with E-state index in [0.29, 0.717) is 50.3 Å². The average Bonchev–Trinajstić information content (AvgIpc) is 3.35. The van der Waals surface area contributed by atoms with E-state index in [4.69, 9.17) is 30.8 Å². The van der Waals surface area contributed by atoms with Crippen molar-refractivity contribution in [3.63, 3.8) is 0 Å². The fourth-order valence-corrected chi connectivity index (χ4v) is 6.60. The Bertz CT molecular complexity index is 2100. The summed E-state index contributed by atoms with van der Waals surface area (Å²) in [6.07, 6.45) is 1.86. The molecule has 45 heavy (non-hydrogen) atoms. The zero-order valence-electron chi connectivity index (χ0n) is 25.1. The van der Waals surface area contributed by atoms with Gasteiger partial charge < -0.3 is 14.2 Å². The number of benzene rings is 4. The highest BCUT2D eigenvalue weighted by molar-refractivity contribution is 7.07. The number of carbonyl (C=O) groups excluding carboxylic acids is 1. The van der Waals surface area contributed by atoms with Crippen LogP contribution in [0.25, 0.3) is 16.8 Å². The molecule has 2 heterocycles. The normalized spacial score (nSPS) is 14.7. The van der Waals surface area contributed by atoms with Crippen LogP contribution in [-0.2, 0) is 16.1 Å². The number of allylic oxidation sites excluding steroid dienone is 1. The van der Waals surface area contributed by atoms with E-state index >= 15 is 0 Å². The highest BCUT2D eigenvalue weighted by atomic mass is 35.5. The second-order valence-electron chi connectivity index (χ2n) is 10.4. The maximum atomic E-state index is 14.3. The Hall–Kier alpha value is -4.66. The first-order valence-electron chi connectivity index (χ1n) is 14.7. The number of ether oxygens (including phenoxy) is 3. The fraction of sp³-hybridized carbons (Fsp3) is 0.194. The average molecular weight is 639 g/mol. The number of nitrogens with zero attached hydrogens (tertiary/aromatic N) is 2. The third kappa shape index (κ3) is 6.16. The second-order valence-corrected chi connectivity index (χ2v) is 11.9. The van der Waals surface area contributed by atoms with Crippen molar-refractivity contribution in [1.82, 2.24) is 4.57 Å². The van der Waals surface area contributed by atoms with E-state index in [2.05, 4.69) is 0 Å². The molecule has 5 aromatic rings. The van der Waals surface area contributed by atoms with Gasteiger partial charge >= 0.3 is 5.97 Å². The van der Waals surface area contributed by atoms with Crippen molar-refractivity contribution in [1.29, 1.82) is 0 Å². The van der Waals surface area contributed by atoms with Crippen LogP contribution < -0.4 is 24.4 Å². The lowest BCUT2D eigenvalue weighted by atomic mass is 9.96. The molecule has 0 amide bonds. The Morgan fingerprint density at radius 3 is 2.44 bits per heavy atom. The number of fused-ring (bicyclic) bond motifs is 2. The van der Waals surface area contributed by atoms with Crippen LogP contribution in [-0.4, -0.2) is 23.8 Å². The molecule has 1 aliphatic heterocycles. The first-order valence-corrected chi connectivity index (χ1v) is 15.9. The lowest BCUT2D eigenvalue weighted by molar-refractivity contribution is -0.139. The molecule has 9 heteroatoms. The first kappa shape index (κ1) is 30.4. The predicted molar refractivity (Wildman–Crippen MR) is 178 cm³/mol. The van der Waals surface area contributed by atoms with Crippen molar-refractivity contribution in [2.75, 3.05) is 13.2 Å².